The monoisotopic (exact) mass is 274 g/mol. The smallest absolute Gasteiger partial charge is 0.161 e. The lowest BCUT2D eigenvalue weighted by Gasteiger charge is -2.03. The van der Waals surface area contributed by atoms with Crippen LogP contribution in [0, 0.1) is 6.92 Å². The second-order valence-electron chi connectivity index (χ2n) is 5.09. The highest BCUT2D eigenvalue weighted by Gasteiger charge is 2.15. The van der Waals surface area contributed by atoms with E-state index in [0.29, 0.717) is 5.82 Å². The van der Waals surface area contributed by atoms with Crippen molar-refractivity contribution in [2.75, 3.05) is 5.73 Å². The van der Waals surface area contributed by atoms with Gasteiger partial charge in [-0.3, -0.25) is 0 Å². The van der Waals surface area contributed by atoms with E-state index in [4.69, 9.17) is 10.7 Å². The van der Waals surface area contributed by atoms with E-state index in [9.17, 15) is 0 Å². The summed E-state index contributed by atoms with van der Waals surface area (Å²) >= 11 is 0. The van der Waals surface area contributed by atoms with Crippen molar-refractivity contribution in [1.29, 1.82) is 0 Å². The zero-order valence-corrected chi connectivity index (χ0v) is 11.6. The molecule has 0 aliphatic rings. The highest BCUT2D eigenvalue weighted by atomic mass is 15.3. The second-order valence-corrected chi connectivity index (χ2v) is 5.09. The fourth-order valence-electron chi connectivity index (χ4n) is 2.67. The third-order valence-electron chi connectivity index (χ3n) is 3.77. The molecule has 0 atom stereocenters. The number of nitrogens with two attached hydrogens (primary N) is 1. The summed E-state index contributed by atoms with van der Waals surface area (Å²) in [6, 6.07) is 18.0. The van der Waals surface area contributed by atoms with Gasteiger partial charge in [-0.1, -0.05) is 42.5 Å². The number of rotatable bonds is 1. The van der Waals surface area contributed by atoms with E-state index in [1.165, 1.54) is 0 Å². The third kappa shape index (κ3) is 1.69. The molecular weight excluding hydrogens is 260 g/mol. The Hall–Kier alpha value is -2.88. The molecule has 0 fully saturated rings. The van der Waals surface area contributed by atoms with Crippen molar-refractivity contribution in [2.45, 2.75) is 6.92 Å². The summed E-state index contributed by atoms with van der Waals surface area (Å²) in [6.07, 6.45) is 0. The molecular formula is C17H14N4. The molecule has 4 aromatic rings. The van der Waals surface area contributed by atoms with Crippen LogP contribution >= 0.6 is 0 Å². The van der Waals surface area contributed by atoms with Crippen molar-refractivity contribution in [3.63, 3.8) is 0 Å². The van der Waals surface area contributed by atoms with Crippen LogP contribution in [0.1, 0.15) is 5.56 Å². The van der Waals surface area contributed by atoms with Crippen molar-refractivity contribution in [3.05, 3.63) is 60.2 Å². The van der Waals surface area contributed by atoms with Gasteiger partial charge in [0, 0.05) is 16.5 Å². The van der Waals surface area contributed by atoms with E-state index in [1.54, 1.807) is 4.52 Å². The molecule has 0 aliphatic carbocycles. The minimum absolute atomic E-state index is 0.626. The number of para-hydroxylation sites is 1. The Balaban J connectivity index is 2.11. The van der Waals surface area contributed by atoms with E-state index < -0.39 is 0 Å². The summed E-state index contributed by atoms with van der Waals surface area (Å²) < 4.78 is 1.74. The minimum Gasteiger partial charge on any atom is -0.383 e. The topological polar surface area (TPSA) is 56.2 Å². The first-order chi connectivity index (χ1) is 10.3. The molecule has 0 radical (unpaired) electrons. The number of hydrogen-bond acceptors (Lipinski definition) is 3. The van der Waals surface area contributed by atoms with Gasteiger partial charge in [0.15, 0.2) is 5.65 Å². The lowest BCUT2D eigenvalue weighted by Crippen LogP contribution is -2.01. The average Bonchev–Trinajstić information content (AvgIpc) is 2.86. The SMILES string of the molecule is Cc1c(-c2ccccc2)nn2c(N)c3ccccc3nc12. The molecule has 0 amide bonds. The maximum atomic E-state index is 6.28. The van der Waals surface area contributed by atoms with Gasteiger partial charge >= 0.3 is 0 Å². The zero-order chi connectivity index (χ0) is 14.4. The first-order valence-electron chi connectivity index (χ1n) is 6.84. The number of nitrogens with zero attached hydrogens (tertiary/aromatic N) is 3. The van der Waals surface area contributed by atoms with Crippen molar-refractivity contribution in [3.8, 4) is 11.3 Å². The van der Waals surface area contributed by atoms with Crippen LogP contribution in [0.5, 0.6) is 0 Å². The standard InChI is InChI=1S/C17H14N4/c1-11-15(12-7-3-2-4-8-12)20-21-16(18)13-9-5-6-10-14(13)19-17(11)21/h2-10H,18H2,1H3. The lowest BCUT2D eigenvalue weighted by molar-refractivity contribution is 0.969. The van der Waals surface area contributed by atoms with Crippen LogP contribution in [0.15, 0.2) is 54.6 Å². The Kier molecular flexibility index (Phi) is 2.44. The fourth-order valence-corrected chi connectivity index (χ4v) is 2.67. The number of benzene rings is 2. The molecule has 0 aliphatic heterocycles. The summed E-state index contributed by atoms with van der Waals surface area (Å²) in [5, 5.41) is 5.58. The first-order valence-corrected chi connectivity index (χ1v) is 6.84. The van der Waals surface area contributed by atoms with Gasteiger partial charge in [-0.15, -0.1) is 0 Å². The molecule has 102 valence electrons. The fraction of sp³-hybridized carbons (Fsp3) is 0.0588. The molecule has 4 nitrogen and oxygen atoms in total. The Labute approximate surface area is 121 Å². The molecule has 21 heavy (non-hydrogen) atoms. The molecule has 2 N–H and O–H groups in total. The molecule has 2 heterocycles. The summed E-state index contributed by atoms with van der Waals surface area (Å²) in [7, 11) is 0. The number of hydrogen-bond donors (Lipinski definition) is 1. The van der Waals surface area contributed by atoms with E-state index in [2.05, 4.69) is 5.10 Å². The Bertz CT molecular complexity index is 955. The van der Waals surface area contributed by atoms with Crippen molar-refractivity contribution < 1.29 is 0 Å². The van der Waals surface area contributed by atoms with E-state index >= 15 is 0 Å². The highest BCUT2D eigenvalue weighted by molar-refractivity contribution is 5.91. The zero-order valence-electron chi connectivity index (χ0n) is 11.6. The minimum atomic E-state index is 0.626. The largest absolute Gasteiger partial charge is 0.383 e. The number of fused-ring (bicyclic) bond motifs is 2. The van der Waals surface area contributed by atoms with Crippen molar-refractivity contribution >= 4 is 22.4 Å². The summed E-state index contributed by atoms with van der Waals surface area (Å²) in [5.41, 5.74) is 11.0. The Morgan fingerprint density at radius 3 is 2.48 bits per heavy atom. The van der Waals surface area contributed by atoms with Gasteiger partial charge in [0.1, 0.15) is 5.82 Å². The molecule has 0 saturated carbocycles. The van der Waals surface area contributed by atoms with Crippen LogP contribution in [0.2, 0.25) is 0 Å². The van der Waals surface area contributed by atoms with Crippen LogP contribution in [0.25, 0.3) is 27.8 Å². The van der Waals surface area contributed by atoms with Gasteiger partial charge in [-0.2, -0.15) is 9.61 Å². The lowest BCUT2D eigenvalue weighted by atomic mass is 10.1. The number of nitrogen functional groups attached to an aromatic ring is 1. The summed E-state index contributed by atoms with van der Waals surface area (Å²) in [5.74, 6) is 0.626. The van der Waals surface area contributed by atoms with E-state index in [0.717, 1.165) is 33.4 Å². The summed E-state index contributed by atoms with van der Waals surface area (Å²) in [6.45, 7) is 2.03. The number of aryl methyl sites for hydroxylation is 1. The van der Waals surface area contributed by atoms with Gasteiger partial charge in [-0.05, 0) is 19.1 Å². The van der Waals surface area contributed by atoms with Crippen LogP contribution in [-0.2, 0) is 0 Å². The second kappa shape index (κ2) is 4.31. The van der Waals surface area contributed by atoms with Gasteiger partial charge < -0.3 is 5.73 Å². The maximum absolute atomic E-state index is 6.28. The first kappa shape index (κ1) is 11.9. The number of aromatic nitrogens is 3. The highest BCUT2D eigenvalue weighted by Crippen LogP contribution is 2.28. The molecule has 2 aromatic carbocycles. The van der Waals surface area contributed by atoms with Gasteiger partial charge in [0.25, 0.3) is 0 Å². The molecule has 2 aromatic heterocycles. The average molecular weight is 274 g/mol. The van der Waals surface area contributed by atoms with Crippen LogP contribution in [-0.4, -0.2) is 14.6 Å². The molecule has 0 bridgehead atoms. The Morgan fingerprint density at radius 1 is 0.952 bits per heavy atom. The molecule has 0 saturated heterocycles. The number of anilines is 1. The quantitative estimate of drug-likeness (QED) is 0.578. The molecule has 4 rings (SSSR count). The predicted octanol–water partition coefficient (Wildman–Crippen LogP) is 3.44. The molecule has 0 unspecified atom stereocenters. The third-order valence-corrected chi connectivity index (χ3v) is 3.77. The van der Waals surface area contributed by atoms with E-state index in [-0.39, 0.29) is 0 Å². The normalized spacial score (nSPS) is 11.3. The Morgan fingerprint density at radius 2 is 1.67 bits per heavy atom. The van der Waals surface area contributed by atoms with Gasteiger partial charge in [0.05, 0.1) is 11.2 Å². The van der Waals surface area contributed by atoms with E-state index in [1.807, 2.05) is 61.5 Å². The molecule has 4 heteroatoms. The summed E-state index contributed by atoms with van der Waals surface area (Å²) in [4.78, 5) is 4.70. The van der Waals surface area contributed by atoms with Crippen LogP contribution in [0.4, 0.5) is 5.82 Å². The van der Waals surface area contributed by atoms with Crippen molar-refractivity contribution in [2.24, 2.45) is 0 Å². The van der Waals surface area contributed by atoms with Gasteiger partial charge in [-0.25, -0.2) is 4.98 Å². The van der Waals surface area contributed by atoms with Gasteiger partial charge in [0.2, 0.25) is 0 Å². The van der Waals surface area contributed by atoms with Crippen molar-refractivity contribution in [1.82, 2.24) is 14.6 Å². The van der Waals surface area contributed by atoms with Crippen LogP contribution in [0.3, 0.4) is 0 Å². The predicted molar refractivity (Wildman–Crippen MR) is 85.1 cm³/mol. The molecule has 0 spiro atoms. The maximum Gasteiger partial charge on any atom is 0.161 e. The van der Waals surface area contributed by atoms with Crippen LogP contribution < -0.4 is 5.73 Å².